The fourth-order valence-electron chi connectivity index (χ4n) is 2.73. The van der Waals surface area contributed by atoms with Gasteiger partial charge in [0.05, 0.1) is 0 Å². The molecule has 0 spiro atoms. The molecular formula is C15H18O5. The monoisotopic (exact) mass is 278 g/mol. The highest BCUT2D eigenvalue weighted by Gasteiger charge is 2.57. The van der Waals surface area contributed by atoms with E-state index in [9.17, 15) is 4.79 Å². The molecule has 1 aromatic carbocycles. The Bertz CT molecular complexity index is 498. The normalized spacial score (nSPS) is 35.0. The predicted octanol–water partition coefficient (Wildman–Crippen LogP) is 1.76. The molecule has 0 aliphatic carbocycles. The molecule has 20 heavy (non-hydrogen) atoms. The third kappa shape index (κ3) is 2.27. The van der Waals surface area contributed by atoms with Crippen LogP contribution in [-0.2, 0) is 18.9 Å². The Morgan fingerprint density at radius 3 is 2.45 bits per heavy atom. The first-order chi connectivity index (χ1) is 9.52. The van der Waals surface area contributed by atoms with Gasteiger partial charge in [0.2, 0.25) is 0 Å². The minimum atomic E-state index is -0.731. The van der Waals surface area contributed by atoms with Crippen molar-refractivity contribution >= 4 is 5.78 Å². The van der Waals surface area contributed by atoms with Crippen molar-refractivity contribution in [1.82, 2.24) is 0 Å². The third-order valence-electron chi connectivity index (χ3n) is 3.56. The first kappa shape index (κ1) is 13.7. The molecule has 2 heterocycles. The number of rotatable bonds is 3. The third-order valence-corrected chi connectivity index (χ3v) is 3.56. The number of hydrogen-bond acceptors (Lipinski definition) is 5. The topological polar surface area (TPSA) is 54.0 Å². The molecule has 108 valence electrons. The molecule has 0 radical (unpaired) electrons. The lowest BCUT2D eigenvalue weighted by atomic mass is 10.0. The van der Waals surface area contributed by atoms with Crippen molar-refractivity contribution in [3.63, 3.8) is 0 Å². The molecule has 2 aliphatic heterocycles. The second kappa shape index (κ2) is 4.93. The molecule has 4 atom stereocenters. The van der Waals surface area contributed by atoms with Gasteiger partial charge in [-0.25, -0.2) is 0 Å². The van der Waals surface area contributed by atoms with Crippen LogP contribution in [0.5, 0.6) is 0 Å². The number of benzene rings is 1. The van der Waals surface area contributed by atoms with E-state index in [0.29, 0.717) is 5.56 Å². The van der Waals surface area contributed by atoms with Crippen LogP contribution in [0.2, 0.25) is 0 Å². The zero-order valence-electron chi connectivity index (χ0n) is 11.7. The van der Waals surface area contributed by atoms with Crippen molar-refractivity contribution in [3.05, 3.63) is 35.9 Å². The molecule has 0 aromatic heterocycles. The van der Waals surface area contributed by atoms with E-state index < -0.39 is 24.3 Å². The molecule has 5 heteroatoms. The number of ether oxygens (including phenoxy) is 4. The van der Waals surface area contributed by atoms with Crippen LogP contribution in [0.4, 0.5) is 0 Å². The molecule has 2 saturated heterocycles. The summed E-state index contributed by atoms with van der Waals surface area (Å²) in [6, 6.07) is 9.04. The number of fused-ring (bicyclic) bond motifs is 1. The Morgan fingerprint density at radius 1 is 1.15 bits per heavy atom. The summed E-state index contributed by atoms with van der Waals surface area (Å²) in [5.41, 5.74) is 0.598. The summed E-state index contributed by atoms with van der Waals surface area (Å²) in [4.78, 5) is 12.5. The van der Waals surface area contributed by atoms with E-state index in [1.165, 1.54) is 7.11 Å². The summed E-state index contributed by atoms with van der Waals surface area (Å²) in [5, 5.41) is 0. The Balaban J connectivity index is 1.85. The zero-order valence-corrected chi connectivity index (χ0v) is 11.7. The molecule has 0 unspecified atom stereocenters. The number of carbonyl (C=O) groups excluding carboxylic acids is 1. The number of methoxy groups -OCH3 is 1. The molecule has 1 aromatic rings. The fourth-order valence-corrected chi connectivity index (χ4v) is 2.73. The van der Waals surface area contributed by atoms with Gasteiger partial charge < -0.3 is 18.9 Å². The quantitative estimate of drug-likeness (QED) is 0.789. The summed E-state index contributed by atoms with van der Waals surface area (Å²) in [7, 11) is 1.53. The van der Waals surface area contributed by atoms with Crippen LogP contribution < -0.4 is 0 Å². The SMILES string of the molecule is CO[C@@H]1O[C@H](C(=O)c2ccccc2)[C@H]2OC(C)(C)O[C@@H]12. The van der Waals surface area contributed by atoms with Crippen molar-refractivity contribution in [2.24, 2.45) is 0 Å². The van der Waals surface area contributed by atoms with Crippen molar-refractivity contribution in [3.8, 4) is 0 Å². The minimum absolute atomic E-state index is 0.110. The van der Waals surface area contributed by atoms with Gasteiger partial charge in [-0.15, -0.1) is 0 Å². The maximum Gasteiger partial charge on any atom is 0.194 e. The minimum Gasteiger partial charge on any atom is -0.353 e. The van der Waals surface area contributed by atoms with Gasteiger partial charge in [0.25, 0.3) is 0 Å². The van der Waals surface area contributed by atoms with Gasteiger partial charge in [-0.05, 0) is 13.8 Å². The average Bonchev–Trinajstić information content (AvgIpc) is 2.92. The van der Waals surface area contributed by atoms with Crippen LogP contribution in [0.3, 0.4) is 0 Å². The van der Waals surface area contributed by atoms with E-state index in [0.717, 1.165) is 0 Å². The Kier molecular flexibility index (Phi) is 3.38. The molecule has 0 saturated carbocycles. The van der Waals surface area contributed by atoms with E-state index in [1.54, 1.807) is 12.1 Å². The van der Waals surface area contributed by atoms with Crippen LogP contribution in [0.25, 0.3) is 0 Å². The van der Waals surface area contributed by atoms with Crippen molar-refractivity contribution in [2.75, 3.05) is 7.11 Å². The van der Waals surface area contributed by atoms with Gasteiger partial charge in [-0.2, -0.15) is 0 Å². The van der Waals surface area contributed by atoms with Gasteiger partial charge in [0.1, 0.15) is 12.2 Å². The first-order valence-corrected chi connectivity index (χ1v) is 6.65. The van der Waals surface area contributed by atoms with Crippen LogP contribution in [0.1, 0.15) is 24.2 Å². The predicted molar refractivity (Wildman–Crippen MR) is 70.3 cm³/mol. The van der Waals surface area contributed by atoms with Gasteiger partial charge in [-0.3, -0.25) is 4.79 Å². The van der Waals surface area contributed by atoms with Gasteiger partial charge >= 0.3 is 0 Å². The molecule has 5 nitrogen and oxygen atoms in total. The van der Waals surface area contributed by atoms with E-state index in [-0.39, 0.29) is 11.9 Å². The fraction of sp³-hybridized carbons (Fsp3) is 0.533. The van der Waals surface area contributed by atoms with Crippen LogP contribution in [-0.4, -0.2) is 43.3 Å². The van der Waals surface area contributed by atoms with E-state index in [4.69, 9.17) is 18.9 Å². The van der Waals surface area contributed by atoms with Crippen LogP contribution in [0, 0.1) is 0 Å². The molecule has 0 N–H and O–H groups in total. The second-order valence-corrected chi connectivity index (χ2v) is 5.46. The van der Waals surface area contributed by atoms with Crippen LogP contribution >= 0.6 is 0 Å². The molecule has 0 amide bonds. The Hall–Kier alpha value is -1.27. The summed E-state index contributed by atoms with van der Waals surface area (Å²) in [6.45, 7) is 3.64. The number of carbonyl (C=O) groups is 1. The van der Waals surface area contributed by atoms with Gasteiger partial charge in [0.15, 0.2) is 24.0 Å². The van der Waals surface area contributed by atoms with Gasteiger partial charge in [-0.1, -0.05) is 30.3 Å². The van der Waals surface area contributed by atoms with Gasteiger partial charge in [0, 0.05) is 12.7 Å². The maximum absolute atomic E-state index is 12.5. The summed E-state index contributed by atoms with van der Waals surface area (Å²) >= 11 is 0. The highest BCUT2D eigenvalue weighted by atomic mass is 16.8. The smallest absolute Gasteiger partial charge is 0.194 e. The molecule has 2 aliphatic rings. The lowest BCUT2D eigenvalue weighted by Gasteiger charge is -2.23. The Labute approximate surface area is 117 Å². The lowest BCUT2D eigenvalue weighted by Crippen LogP contribution is -2.35. The highest BCUT2D eigenvalue weighted by Crippen LogP contribution is 2.39. The Morgan fingerprint density at radius 2 is 1.80 bits per heavy atom. The van der Waals surface area contributed by atoms with Crippen LogP contribution in [0.15, 0.2) is 30.3 Å². The first-order valence-electron chi connectivity index (χ1n) is 6.65. The average molecular weight is 278 g/mol. The number of Topliss-reactive ketones (excluding diaryl/α,β-unsaturated/α-hetero) is 1. The summed E-state index contributed by atoms with van der Waals surface area (Å²) in [5.74, 6) is -0.841. The second-order valence-electron chi connectivity index (χ2n) is 5.46. The molecule has 2 fully saturated rings. The standard InChI is InChI=1S/C15H18O5/c1-15(2)19-12-11(18-14(17-3)13(12)20-15)10(16)9-7-5-4-6-8-9/h4-8,11-14H,1-3H3/t11-,12-,13-,14-/m1/s1. The van der Waals surface area contributed by atoms with E-state index >= 15 is 0 Å². The highest BCUT2D eigenvalue weighted by molar-refractivity contribution is 6.00. The largest absolute Gasteiger partial charge is 0.353 e. The summed E-state index contributed by atoms with van der Waals surface area (Å²) in [6.07, 6.45) is -2.11. The van der Waals surface area contributed by atoms with E-state index in [1.807, 2.05) is 32.0 Å². The zero-order chi connectivity index (χ0) is 14.3. The number of ketones is 1. The molecular weight excluding hydrogens is 260 g/mol. The molecule has 0 bridgehead atoms. The molecule has 3 rings (SSSR count). The lowest BCUT2D eigenvalue weighted by molar-refractivity contribution is -0.220. The summed E-state index contributed by atoms with van der Waals surface area (Å²) < 4.78 is 22.5. The van der Waals surface area contributed by atoms with Crippen molar-refractivity contribution in [1.29, 1.82) is 0 Å². The number of hydrogen-bond donors (Lipinski definition) is 0. The van der Waals surface area contributed by atoms with Crippen molar-refractivity contribution in [2.45, 2.75) is 44.2 Å². The van der Waals surface area contributed by atoms with Crippen molar-refractivity contribution < 1.29 is 23.7 Å². The maximum atomic E-state index is 12.5. The van der Waals surface area contributed by atoms with E-state index in [2.05, 4.69) is 0 Å².